The molecule has 6 N–H and O–H groups in total. The Kier molecular flexibility index (Phi) is 4.38. The number of anilines is 3. The molecule has 2 atom stereocenters. The number of hydrogen-bond acceptors (Lipinski definition) is 6. The Morgan fingerprint density at radius 2 is 2.08 bits per heavy atom. The van der Waals surface area contributed by atoms with Gasteiger partial charge in [0, 0.05) is 24.0 Å². The standard InChI is InChI=1S/C19H24N6O/c1-11-5-4-6-12(9-11)22-17-16-15(10-21-18(16)26)24-19(25-17)23-14-8-3-2-7-13(14)20/h4-6,9-10,13-14,21,26H,2-3,7-8,20H2,1H3,(H2,22,23,24,25)/t13-,14+/m0/s1. The van der Waals surface area contributed by atoms with Crippen molar-refractivity contribution in [1.29, 1.82) is 0 Å². The lowest BCUT2D eigenvalue weighted by atomic mass is 9.91. The number of hydrogen-bond donors (Lipinski definition) is 5. The third kappa shape index (κ3) is 3.30. The summed E-state index contributed by atoms with van der Waals surface area (Å²) in [6.07, 6.45) is 6.04. The van der Waals surface area contributed by atoms with E-state index in [0.29, 0.717) is 22.7 Å². The molecule has 0 radical (unpaired) electrons. The van der Waals surface area contributed by atoms with Crippen molar-refractivity contribution >= 4 is 28.4 Å². The molecule has 2 aromatic heterocycles. The summed E-state index contributed by atoms with van der Waals surface area (Å²) in [6, 6.07) is 8.28. The predicted octanol–water partition coefficient (Wildman–Crippen LogP) is 3.40. The van der Waals surface area contributed by atoms with Crippen molar-refractivity contribution in [3.8, 4) is 5.88 Å². The van der Waals surface area contributed by atoms with E-state index in [0.717, 1.165) is 30.5 Å². The van der Waals surface area contributed by atoms with E-state index >= 15 is 0 Å². The van der Waals surface area contributed by atoms with Gasteiger partial charge in [-0.15, -0.1) is 0 Å². The van der Waals surface area contributed by atoms with E-state index < -0.39 is 0 Å². The van der Waals surface area contributed by atoms with E-state index in [9.17, 15) is 5.11 Å². The number of nitrogens with one attached hydrogen (secondary N) is 3. The fourth-order valence-electron chi connectivity index (χ4n) is 3.54. The third-order valence-corrected chi connectivity index (χ3v) is 4.93. The maximum atomic E-state index is 10.2. The van der Waals surface area contributed by atoms with E-state index in [1.807, 2.05) is 31.2 Å². The van der Waals surface area contributed by atoms with Crippen LogP contribution in [0.1, 0.15) is 31.2 Å². The molecule has 3 aromatic rings. The van der Waals surface area contributed by atoms with Crippen LogP contribution in [0.3, 0.4) is 0 Å². The highest BCUT2D eigenvalue weighted by Gasteiger charge is 2.23. The second kappa shape index (κ2) is 6.84. The average Bonchev–Trinajstić information content (AvgIpc) is 2.98. The van der Waals surface area contributed by atoms with Gasteiger partial charge in [0.1, 0.15) is 11.2 Å². The lowest BCUT2D eigenvalue weighted by Gasteiger charge is -2.29. The Morgan fingerprint density at radius 3 is 2.88 bits per heavy atom. The van der Waals surface area contributed by atoms with Gasteiger partial charge in [-0.05, 0) is 37.5 Å². The molecule has 0 spiro atoms. The summed E-state index contributed by atoms with van der Waals surface area (Å²) in [7, 11) is 0. The van der Waals surface area contributed by atoms with Crippen LogP contribution in [0, 0.1) is 6.92 Å². The fraction of sp³-hybridized carbons (Fsp3) is 0.368. The zero-order valence-electron chi connectivity index (χ0n) is 14.8. The van der Waals surface area contributed by atoms with Gasteiger partial charge in [0.25, 0.3) is 0 Å². The van der Waals surface area contributed by atoms with Crippen LogP contribution in [0.4, 0.5) is 17.5 Å². The summed E-state index contributed by atoms with van der Waals surface area (Å²) < 4.78 is 0. The number of benzene rings is 1. The van der Waals surface area contributed by atoms with Crippen molar-refractivity contribution in [1.82, 2.24) is 15.0 Å². The Morgan fingerprint density at radius 1 is 1.23 bits per heavy atom. The maximum Gasteiger partial charge on any atom is 0.225 e. The third-order valence-electron chi connectivity index (χ3n) is 4.93. The predicted molar refractivity (Wildman–Crippen MR) is 104 cm³/mol. The molecule has 1 saturated carbocycles. The first-order valence-corrected chi connectivity index (χ1v) is 9.04. The molecule has 1 aromatic carbocycles. The van der Waals surface area contributed by atoms with Crippen LogP contribution in [0.2, 0.25) is 0 Å². The van der Waals surface area contributed by atoms with Gasteiger partial charge >= 0.3 is 0 Å². The minimum atomic E-state index is 0.0519. The molecule has 1 fully saturated rings. The molecular weight excluding hydrogens is 328 g/mol. The topological polar surface area (TPSA) is 112 Å². The van der Waals surface area contributed by atoms with Crippen molar-refractivity contribution in [2.24, 2.45) is 5.73 Å². The van der Waals surface area contributed by atoms with Crippen LogP contribution in [0.5, 0.6) is 5.88 Å². The molecule has 0 amide bonds. The number of fused-ring (bicyclic) bond motifs is 1. The van der Waals surface area contributed by atoms with Crippen molar-refractivity contribution in [2.75, 3.05) is 10.6 Å². The molecule has 1 aliphatic rings. The highest BCUT2D eigenvalue weighted by Crippen LogP contribution is 2.32. The maximum absolute atomic E-state index is 10.2. The van der Waals surface area contributed by atoms with E-state index in [4.69, 9.17) is 5.73 Å². The van der Waals surface area contributed by atoms with Crippen LogP contribution >= 0.6 is 0 Å². The zero-order chi connectivity index (χ0) is 18.1. The van der Waals surface area contributed by atoms with Gasteiger partial charge in [-0.3, -0.25) is 0 Å². The monoisotopic (exact) mass is 352 g/mol. The fourth-order valence-corrected chi connectivity index (χ4v) is 3.54. The van der Waals surface area contributed by atoms with E-state index in [1.54, 1.807) is 6.20 Å². The van der Waals surface area contributed by atoms with E-state index in [2.05, 4.69) is 25.6 Å². The van der Waals surface area contributed by atoms with Gasteiger partial charge in [-0.25, -0.2) is 4.98 Å². The van der Waals surface area contributed by atoms with Crippen molar-refractivity contribution in [3.63, 3.8) is 0 Å². The number of aryl methyl sites for hydroxylation is 1. The Balaban J connectivity index is 1.69. The second-order valence-corrected chi connectivity index (χ2v) is 6.99. The first-order chi connectivity index (χ1) is 12.6. The van der Waals surface area contributed by atoms with Crippen LogP contribution in [-0.2, 0) is 0 Å². The molecular formula is C19H24N6O. The van der Waals surface area contributed by atoms with Gasteiger partial charge in [0.15, 0.2) is 0 Å². The van der Waals surface area contributed by atoms with E-state index in [-0.39, 0.29) is 18.0 Å². The minimum absolute atomic E-state index is 0.0519. The SMILES string of the molecule is Cc1cccc(Nc2nc(N[C@@H]3CCCC[C@@H]3N)nc3c[nH]c(O)c23)c1. The summed E-state index contributed by atoms with van der Waals surface area (Å²) >= 11 is 0. The molecule has 136 valence electrons. The van der Waals surface area contributed by atoms with Crippen LogP contribution in [0.15, 0.2) is 30.5 Å². The van der Waals surface area contributed by atoms with Gasteiger partial charge in [0.2, 0.25) is 11.8 Å². The molecule has 1 aliphatic carbocycles. The van der Waals surface area contributed by atoms with Crippen LogP contribution in [0.25, 0.3) is 10.9 Å². The minimum Gasteiger partial charge on any atom is -0.494 e. The zero-order valence-corrected chi connectivity index (χ0v) is 14.8. The van der Waals surface area contributed by atoms with Crippen molar-refractivity contribution in [2.45, 2.75) is 44.7 Å². The van der Waals surface area contributed by atoms with Crippen molar-refractivity contribution < 1.29 is 5.11 Å². The number of H-pyrrole nitrogens is 1. The van der Waals surface area contributed by atoms with Gasteiger partial charge < -0.3 is 26.5 Å². The number of aromatic amines is 1. The molecule has 7 nitrogen and oxygen atoms in total. The first-order valence-electron chi connectivity index (χ1n) is 9.04. The Bertz CT molecular complexity index is 922. The first kappa shape index (κ1) is 16.7. The number of aromatic nitrogens is 3. The summed E-state index contributed by atoms with van der Waals surface area (Å²) in [5.74, 6) is 1.14. The highest BCUT2D eigenvalue weighted by molar-refractivity contribution is 5.96. The van der Waals surface area contributed by atoms with Crippen LogP contribution < -0.4 is 16.4 Å². The molecule has 4 rings (SSSR count). The number of aromatic hydroxyl groups is 1. The Hall–Kier alpha value is -2.80. The van der Waals surface area contributed by atoms with Crippen LogP contribution in [-0.4, -0.2) is 32.1 Å². The molecule has 2 heterocycles. The lowest BCUT2D eigenvalue weighted by molar-refractivity contribution is 0.402. The number of nitrogens with zero attached hydrogens (tertiary/aromatic N) is 2. The molecule has 7 heteroatoms. The summed E-state index contributed by atoms with van der Waals surface area (Å²) in [6.45, 7) is 2.03. The number of nitrogens with two attached hydrogens (primary N) is 1. The molecule has 0 unspecified atom stereocenters. The quantitative estimate of drug-likeness (QED) is 0.492. The molecule has 26 heavy (non-hydrogen) atoms. The molecule has 0 aliphatic heterocycles. The second-order valence-electron chi connectivity index (χ2n) is 6.99. The van der Waals surface area contributed by atoms with E-state index in [1.165, 1.54) is 6.42 Å². The average molecular weight is 352 g/mol. The normalized spacial score (nSPS) is 20.2. The van der Waals surface area contributed by atoms with Gasteiger partial charge in [-0.1, -0.05) is 25.0 Å². The molecule has 0 bridgehead atoms. The summed E-state index contributed by atoms with van der Waals surface area (Å²) in [5.41, 5.74) is 8.95. The highest BCUT2D eigenvalue weighted by atomic mass is 16.3. The Labute approximate surface area is 152 Å². The summed E-state index contributed by atoms with van der Waals surface area (Å²) in [5, 5.41) is 17.4. The van der Waals surface area contributed by atoms with Gasteiger partial charge in [-0.2, -0.15) is 4.98 Å². The smallest absolute Gasteiger partial charge is 0.225 e. The molecule has 0 saturated heterocycles. The lowest BCUT2D eigenvalue weighted by Crippen LogP contribution is -2.42. The van der Waals surface area contributed by atoms with Crippen molar-refractivity contribution in [3.05, 3.63) is 36.0 Å². The largest absolute Gasteiger partial charge is 0.494 e. The number of rotatable bonds is 4. The summed E-state index contributed by atoms with van der Waals surface area (Å²) in [4.78, 5) is 12.0. The van der Waals surface area contributed by atoms with Gasteiger partial charge in [0.05, 0.1) is 5.52 Å².